The Morgan fingerprint density at radius 2 is 2.24 bits per heavy atom. The molecule has 21 heavy (non-hydrogen) atoms. The van der Waals surface area contributed by atoms with Gasteiger partial charge in [-0.3, -0.25) is 9.48 Å². The first kappa shape index (κ1) is 16.0. The second kappa shape index (κ2) is 8.14. The first-order chi connectivity index (χ1) is 10.2. The van der Waals surface area contributed by atoms with E-state index < -0.39 is 0 Å². The molecule has 1 N–H and O–H groups in total. The van der Waals surface area contributed by atoms with Gasteiger partial charge in [0.15, 0.2) is 0 Å². The van der Waals surface area contributed by atoms with Crippen molar-refractivity contribution in [1.29, 1.82) is 0 Å². The largest absolute Gasteiger partial charge is 0.380 e. The lowest BCUT2D eigenvalue weighted by atomic mass is 9.97. The van der Waals surface area contributed by atoms with Crippen molar-refractivity contribution in [2.45, 2.75) is 19.8 Å². The first-order valence-electron chi connectivity index (χ1n) is 7.77. The average molecular weight is 294 g/mol. The lowest BCUT2D eigenvalue weighted by Gasteiger charge is -2.31. The molecular formula is C15H26N4O2. The summed E-state index contributed by atoms with van der Waals surface area (Å²) in [6.07, 6.45) is 3.92. The number of aromatic nitrogens is 2. The predicted molar refractivity (Wildman–Crippen MR) is 81.2 cm³/mol. The fourth-order valence-corrected chi connectivity index (χ4v) is 2.68. The summed E-state index contributed by atoms with van der Waals surface area (Å²) in [4.78, 5) is 14.4. The van der Waals surface area contributed by atoms with Gasteiger partial charge >= 0.3 is 0 Å². The summed E-state index contributed by atoms with van der Waals surface area (Å²) in [6.45, 7) is 7.59. The Hall–Kier alpha value is -1.40. The van der Waals surface area contributed by atoms with Crippen LogP contribution >= 0.6 is 0 Å². The van der Waals surface area contributed by atoms with Gasteiger partial charge in [-0.25, -0.2) is 0 Å². The molecule has 0 spiro atoms. The van der Waals surface area contributed by atoms with Gasteiger partial charge in [-0.05, 0) is 44.8 Å². The molecule has 0 aliphatic carbocycles. The number of carbonyl (C=O) groups is 1. The lowest BCUT2D eigenvalue weighted by Crippen LogP contribution is -2.40. The quantitative estimate of drug-likeness (QED) is 0.759. The maximum Gasteiger partial charge on any atom is 0.269 e. The van der Waals surface area contributed by atoms with E-state index in [1.807, 2.05) is 6.92 Å². The number of rotatable bonds is 7. The van der Waals surface area contributed by atoms with Gasteiger partial charge in [-0.2, -0.15) is 5.10 Å². The summed E-state index contributed by atoms with van der Waals surface area (Å²) in [7, 11) is 1.78. The summed E-state index contributed by atoms with van der Waals surface area (Å²) in [6, 6.07) is 1.74. The number of amides is 1. The standard InChI is InChI=1S/C15H26N4O2/c1-3-21-11-10-19-8-5-13(6-9-19)12-16-15(20)14-4-7-17-18(14)2/h4,7,13H,3,5-6,8-12H2,1-2H3,(H,16,20). The number of carbonyl (C=O) groups excluding carboxylic acids is 1. The molecule has 0 atom stereocenters. The topological polar surface area (TPSA) is 59.4 Å². The van der Waals surface area contributed by atoms with Crippen molar-refractivity contribution >= 4 is 5.91 Å². The molecule has 1 fully saturated rings. The highest BCUT2D eigenvalue weighted by Gasteiger charge is 2.20. The third kappa shape index (κ3) is 4.82. The van der Waals surface area contributed by atoms with Gasteiger partial charge in [0.1, 0.15) is 5.69 Å². The van der Waals surface area contributed by atoms with Crippen LogP contribution in [0.15, 0.2) is 12.3 Å². The Morgan fingerprint density at radius 1 is 1.48 bits per heavy atom. The van der Waals surface area contributed by atoms with Gasteiger partial charge < -0.3 is 15.0 Å². The molecule has 1 amide bonds. The zero-order chi connectivity index (χ0) is 15.1. The number of ether oxygens (including phenoxy) is 1. The fraction of sp³-hybridized carbons (Fsp3) is 0.733. The van der Waals surface area contributed by atoms with E-state index in [1.165, 1.54) is 0 Å². The monoisotopic (exact) mass is 294 g/mol. The molecule has 118 valence electrons. The van der Waals surface area contributed by atoms with E-state index in [-0.39, 0.29) is 5.91 Å². The van der Waals surface area contributed by atoms with Crippen LogP contribution in [-0.4, -0.2) is 60.0 Å². The molecular weight excluding hydrogens is 268 g/mol. The van der Waals surface area contributed by atoms with E-state index in [4.69, 9.17) is 4.74 Å². The zero-order valence-electron chi connectivity index (χ0n) is 13.0. The molecule has 1 aliphatic rings. The molecule has 1 aromatic heterocycles. The van der Waals surface area contributed by atoms with E-state index in [1.54, 1.807) is 24.0 Å². The number of hydrogen-bond acceptors (Lipinski definition) is 4. The lowest BCUT2D eigenvalue weighted by molar-refractivity contribution is 0.0886. The molecule has 1 aromatic rings. The molecule has 0 radical (unpaired) electrons. The second-order valence-electron chi connectivity index (χ2n) is 5.53. The van der Waals surface area contributed by atoms with Crippen molar-refractivity contribution in [1.82, 2.24) is 20.0 Å². The van der Waals surface area contributed by atoms with Gasteiger partial charge in [0.2, 0.25) is 0 Å². The number of aryl methyl sites for hydroxylation is 1. The van der Waals surface area contributed by atoms with Crippen molar-refractivity contribution in [3.05, 3.63) is 18.0 Å². The number of nitrogens with zero attached hydrogens (tertiary/aromatic N) is 3. The highest BCUT2D eigenvalue weighted by molar-refractivity contribution is 5.92. The average Bonchev–Trinajstić information content (AvgIpc) is 2.92. The highest BCUT2D eigenvalue weighted by Crippen LogP contribution is 2.16. The van der Waals surface area contributed by atoms with Gasteiger partial charge in [0.05, 0.1) is 6.61 Å². The molecule has 1 aliphatic heterocycles. The van der Waals surface area contributed by atoms with Crippen molar-refractivity contribution in [3.8, 4) is 0 Å². The van der Waals surface area contributed by atoms with Crippen LogP contribution in [0.1, 0.15) is 30.3 Å². The van der Waals surface area contributed by atoms with E-state index in [0.29, 0.717) is 11.6 Å². The number of likely N-dealkylation sites (tertiary alicyclic amines) is 1. The van der Waals surface area contributed by atoms with Crippen LogP contribution in [0.25, 0.3) is 0 Å². The maximum atomic E-state index is 12.0. The third-order valence-corrected chi connectivity index (χ3v) is 4.07. The minimum Gasteiger partial charge on any atom is -0.380 e. The van der Waals surface area contributed by atoms with Crippen molar-refractivity contribution in [2.24, 2.45) is 13.0 Å². The van der Waals surface area contributed by atoms with Crippen LogP contribution in [0.5, 0.6) is 0 Å². The van der Waals surface area contributed by atoms with Gasteiger partial charge in [0, 0.05) is 32.9 Å². The summed E-state index contributed by atoms with van der Waals surface area (Å²) < 4.78 is 6.99. The molecule has 0 unspecified atom stereocenters. The Labute approximate surface area is 126 Å². The second-order valence-corrected chi connectivity index (χ2v) is 5.53. The van der Waals surface area contributed by atoms with Crippen molar-refractivity contribution < 1.29 is 9.53 Å². The summed E-state index contributed by atoms with van der Waals surface area (Å²) in [5.41, 5.74) is 0.615. The molecule has 2 heterocycles. The molecule has 2 rings (SSSR count). The van der Waals surface area contributed by atoms with Crippen LogP contribution < -0.4 is 5.32 Å². The highest BCUT2D eigenvalue weighted by atomic mass is 16.5. The SMILES string of the molecule is CCOCCN1CCC(CNC(=O)c2ccnn2C)CC1. The maximum absolute atomic E-state index is 12.0. The minimum absolute atomic E-state index is 0.0335. The van der Waals surface area contributed by atoms with Crippen LogP contribution in [0.4, 0.5) is 0 Å². The Kier molecular flexibility index (Phi) is 6.20. The van der Waals surface area contributed by atoms with Gasteiger partial charge in [0.25, 0.3) is 5.91 Å². The predicted octanol–water partition coefficient (Wildman–Crippen LogP) is 0.898. The minimum atomic E-state index is -0.0335. The summed E-state index contributed by atoms with van der Waals surface area (Å²) in [5, 5.41) is 7.04. The van der Waals surface area contributed by atoms with Crippen LogP contribution in [0, 0.1) is 5.92 Å². The molecule has 0 saturated carbocycles. The van der Waals surface area contributed by atoms with E-state index in [2.05, 4.69) is 15.3 Å². The Morgan fingerprint density at radius 3 is 2.86 bits per heavy atom. The first-order valence-corrected chi connectivity index (χ1v) is 7.77. The van der Waals surface area contributed by atoms with Crippen molar-refractivity contribution in [2.75, 3.05) is 39.4 Å². The van der Waals surface area contributed by atoms with Crippen LogP contribution in [0.2, 0.25) is 0 Å². The summed E-state index contributed by atoms with van der Waals surface area (Å²) in [5.74, 6) is 0.541. The Bertz CT molecular complexity index is 439. The summed E-state index contributed by atoms with van der Waals surface area (Å²) >= 11 is 0. The van der Waals surface area contributed by atoms with Crippen molar-refractivity contribution in [3.63, 3.8) is 0 Å². The molecule has 6 nitrogen and oxygen atoms in total. The van der Waals surface area contributed by atoms with Gasteiger partial charge in [-0.15, -0.1) is 0 Å². The van der Waals surface area contributed by atoms with E-state index >= 15 is 0 Å². The fourth-order valence-electron chi connectivity index (χ4n) is 2.68. The smallest absolute Gasteiger partial charge is 0.269 e. The molecule has 0 bridgehead atoms. The number of hydrogen-bond donors (Lipinski definition) is 1. The normalized spacial score (nSPS) is 17.0. The van der Waals surface area contributed by atoms with Crippen LogP contribution in [-0.2, 0) is 11.8 Å². The number of nitrogens with one attached hydrogen (secondary N) is 1. The van der Waals surface area contributed by atoms with Crippen LogP contribution in [0.3, 0.4) is 0 Å². The molecule has 1 saturated heterocycles. The molecule has 0 aromatic carbocycles. The van der Waals surface area contributed by atoms with E-state index in [9.17, 15) is 4.79 Å². The zero-order valence-corrected chi connectivity index (χ0v) is 13.0. The molecule has 6 heteroatoms. The van der Waals surface area contributed by atoms with E-state index in [0.717, 1.165) is 52.2 Å². The Balaban J connectivity index is 1.65. The third-order valence-electron chi connectivity index (χ3n) is 4.07. The van der Waals surface area contributed by atoms with Gasteiger partial charge in [-0.1, -0.05) is 0 Å². The number of piperidine rings is 1.